The number of nitrogens with zero attached hydrogens (tertiary/aromatic N) is 2. The van der Waals surface area contributed by atoms with E-state index < -0.39 is 9.84 Å². The average Bonchev–Trinajstić information content (AvgIpc) is 2.55. The fourth-order valence-corrected chi connectivity index (χ4v) is 2.63. The molecule has 0 saturated heterocycles. The van der Waals surface area contributed by atoms with E-state index in [1.807, 2.05) is 13.8 Å². The fourth-order valence-electron chi connectivity index (χ4n) is 1.69. The molecule has 104 valence electrons. The lowest BCUT2D eigenvalue weighted by Crippen LogP contribution is -2.09. The Labute approximate surface area is 108 Å². The van der Waals surface area contributed by atoms with E-state index >= 15 is 0 Å². The summed E-state index contributed by atoms with van der Waals surface area (Å²) in [6, 6.07) is 0.0206. The first-order valence-corrected chi connectivity index (χ1v) is 8.00. The number of nitrogen functional groups attached to an aromatic ring is 1. The van der Waals surface area contributed by atoms with Crippen molar-refractivity contribution in [2.24, 2.45) is 0 Å². The predicted octanol–water partition coefficient (Wildman–Crippen LogP) is 1.66. The van der Waals surface area contributed by atoms with Crippen molar-refractivity contribution in [2.75, 3.05) is 23.9 Å². The van der Waals surface area contributed by atoms with E-state index in [-0.39, 0.29) is 16.8 Å². The van der Waals surface area contributed by atoms with E-state index in [9.17, 15) is 8.42 Å². The number of rotatable bonds is 6. The van der Waals surface area contributed by atoms with Gasteiger partial charge in [0.15, 0.2) is 20.6 Å². The van der Waals surface area contributed by atoms with Gasteiger partial charge in [-0.1, -0.05) is 13.3 Å². The molecule has 0 aromatic carbocycles. The topological polar surface area (TPSA) is 90.0 Å². The first-order chi connectivity index (χ1) is 8.29. The highest BCUT2D eigenvalue weighted by Gasteiger charge is 2.24. The van der Waals surface area contributed by atoms with Crippen molar-refractivity contribution in [1.82, 2.24) is 9.78 Å². The van der Waals surface area contributed by atoms with Crippen LogP contribution >= 0.6 is 0 Å². The van der Waals surface area contributed by atoms with Gasteiger partial charge in [0.2, 0.25) is 0 Å². The molecule has 0 spiro atoms. The van der Waals surface area contributed by atoms with Gasteiger partial charge in [-0.15, -0.1) is 0 Å². The number of unbranched alkanes of at least 4 members (excludes halogenated alkanes) is 1. The summed E-state index contributed by atoms with van der Waals surface area (Å²) in [5, 5.41) is 7.29. The second kappa shape index (κ2) is 5.60. The van der Waals surface area contributed by atoms with Crippen LogP contribution in [0.4, 0.5) is 11.6 Å². The Hall–Kier alpha value is -1.24. The Morgan fingerprint density at radius 3 is 2.50 bits per heavy atom. The van der Waals surface area contributed by atoms with Gasteiger partial charge in [-0.25, -0.2) is 13.1 Å². The SMILES string of the molecule is CCCCNc1nn(C(C)C)c(N)c1S(C)(=O)=O. The van der Waals surface area contributed by atoms with Gasteiger partial charge >= 0.3 is 0 Å². The van der Waals surface area contributed by atoms with Crippen molar-refractivity contribution in [1.29, 1.82) is 0 Å². The molecule has 18 heavy (non-hydrogen) atoms. The summed E-state index contributed by atoms with van der Waals surface area (Å²) in [5.41, 5.74) is 5.88. The maximum absolute atomic E-state index is 11.8. The van der Waals surface area contributed by atoms with E-state index in [0.29, 0.717) is 12.4 Å². The third kappa shape index (κ3) is 3.16. The summed E-state index contributed by atoms with van der Waals surface area (Å²) in [6.45, 7) is 6.57. The molecule has 0 radical (unpaired) electrons. The summed E-state index contributed by atoms with van der Waals surface area (Å²) < 4.78 is 25.1. The van der Waals surface area contributed by atoms with Crippen molar-refractivity contribution in [3.63, 3.8) is 0 Å². The molecule has 1 heterocycles. The molecule has 0 fully saturated rings. The highest BCUT2D eigenvalue weighted by molar-refractivity contribution is 7.91. The molecule has 6 nitrogen and oxygen atoms in total. The third-order valence-corrected chi connectivity index (χ3v) is 3.73. The van der Waals surface area contributed by atoms with Gasteiger partial charge in [0.1, 0.15) is 5.82 Å². The lowest BCUT2D eigenvalue weighted by atomic mass is 10.3. The molecule has 7 heteroatoms. The second-order valence-electron chi connectivity index (χ2n) is 4.65. The number of nitrogens with one attached hydrogen (secondary N) is 1. The molecule has 1 rings (SSSR count). The minimum absolute atomic E-state index is 0.0206. The Bertz CT molecular complexity index is 505. The zero-order chi connectivity index (χ0) is 13.9. The van der Waals surface area contributed by atoms with Crippen LogP contribution in [0.5, 0.6) is 0 Å². The lowest BCUT2D eigenvalue weighted by molar-refractivity contribution is 0.541. The summed E-state index contributed by atoms with van der Waals surface area (Å²) in [7, 11) is -3.38. The highest BCUT2D eigenvalue weighted by Crippen LogP contribution is 2.29. The van der Waals surface area contributed by atoms with Crippen LogP contribution in [0.25, 0.3) is 0 Å². The molecule has 0 bridgehead atoms. The molecule has 0 aliphatic heterocycles. The normalized spacial score (nSPS) is 12.1. The minimum atomic E-state index is -3.38. The zero-order valence-electron chi connectivity index (χ0n) is 11.4. The Balaban J connectivity index is 3.19. The molecule has 0 unspecified atom stereocenters. The largest absolute Gasteiger partial charge is 0.383 e. The monoisotopic (exact) mass is 274 g/mol. The predicted molar refractivity (Wildman–Crippen MR) is 73.5 cm³/mol. The van der Waals surface area contributed by atoms with Crippen molar-refractivity contribution in [3.05, 3.63) is 0 Å². The van der Waals surface area contributed by atoms with Gasteiger partial charge in [0.05, 0.1) is 0 Å². The van der Waals surface area contributed by atoms with E-state index in [0.717, 1.165) is 19.1 Å². The zero-order valence-corrected chi connectivity index (χ0v) is 12.2. The minimum Gasteiger partial charge on any atom is -0.383 e. The van der Waals surface area contributed by atoms with Gasteiger partial charge in [-0.3, -0.25) is 0 Å². The van der Waals surface area contributed by atoms with Crippen molar-refractivity contribution in [3.8, 4) is 0 Å². The maximum Gasteiger partial charge on any atom is 0.182 e. The second-order valence-corrected chi connectivity index (χ2v) is 6.61. The Morgan fingerprint density at radius 2 is 2.06 bits per heavy atom. The molecule has 0 aliphatic carbocycles. The summed E-state index contributed by atoms with van der Waals surface area (Å²) >= 11 is 0. The van der Waals surface area contributed by atoms with Crippen molar-refractivity contribution < 1.29 is 8.42 Å². The molecular formula is C11H22N4O2S. The molecule has 0 saturated carbocycles. The molecule has 1 aromatic rings. The number of nitrogens with two attached hydrogens (primary N) is 1. The standard InChI is InChI=1S/C11H22N4O2S/c1-5-6-7-13-11-9(18(4,16)17)10(12)15(14-11)8(2)3/h8H,5-7,12H2,1-4H3,(H,13,14). The van der Waals surface area contributed by atoms with Crippen molar-refractivity contribution >= 4 is 21.5 Å². The van der Waals surface area contributed by atoms with Gasteiger partial charge in [-0.05, 0) is 20.3 Å². The molecule has 3 N–H and O–H groups in total. The Kier molecular flexibility index (Phi) is 4.61. The number of hydrogen-bond acceptors (Lipinski definition) is 5. The molecule has 1 aromatic heterocycles. The third-order valence-electron chi connectivity index (χ3n) is 2.58. The summed E-state index contributed by atoms with van der Waals surface area (Å²) in [6.07, 6.45) is 3.13. The van der Waals surface area contributed by atoms with E-state index in [1.54, 1.807) is 0 Å². The summed E-state index contributed by atoms with van der Waals surface area (Å²) in [5.74, 6) is 0.559. The fraction of sp³-hybridized carbons (Fsp3) is 0.727. The quantitative estimate of drug-likeness (QED) is 0.770. The van der Waals surface area contributed by atoms with Crippen LogP contribution in [-0.2, 0) is 9.84 Å². The molecule has 0 amide bonds. The first-order valence-electron chi connectivity index (χ1n) is 6.11. The molecule has 0 atom stereocenters. The highest BCUT2D eigenvalue weighted by atomic mass is 32.2. The molecule has 0 aliphatic rings. The van der Waals surface area contributed by atoms with E-state index in [2.05, 4.69) is 17.3 Å². The molecular weight excluding hydrogens is 252 g/mol. The average molecular weight is 274 g/mol. The van der Waals surface area contributed by atoms with Crippen LogP contribution in [-0.4, -0.2) is 31.0 Å². The number of anilines is 2. The van der Waals surface area contributed by atoms with Crippen LogP contribution in [0.3, 0.4) is 0 Å². The van der Waals surface area contributed by atoms with Crippen LogP contribution < -0.4 is 11.1 Å². The van der Waals surface area contributed by atoms with Gasteiger partial charge in [0.25, 0.3) is 0 Å². The summed E-state index contributed by atoms with van der Waals surface area (Å²) in [4.78, 5) is 0.104. The first kappa shape index (κ1) is 14.8. The van der Waals surface area contributed by atoms with E-state index in [1.165, 1.54) is 4.68 Å². The lowest BCUT2D eigenvalue weighted by Gasteiger charge is -2.06. The van der Waals surface area contributed by atoms with Gasteiger partial charge in [-0.2, -0.15) is 5.10 Å². The number of aromatic nitrogens is 2. The van der Waals surface area contributed by atoms with E-state index in [4.69, 9.17) is 5.73 Å². The van der Waals surface area contributed by atoms with Gasteiger partial charge < -0.3 is 11.1 Å². The van der Waals surface area contributed by atoms with Crippen molar-refractivity contribution in [2.45, 2.75) is 44.6 Å². The number of hydrogen-bond donors (Lipinski definition) is 2. The Morgan fingerprint density at radius 1 is 1.44 bits per heavy atom. The van der Waals surface area contributed by atoms with Crippen LogP contribution in [0.1, 0.15) is 39.7 Å². The number of sulfone groups is 1. The van der Waals surface area contributed by atoms with Crippen LogP contribution in [0.2, 0.25) is 0 Å². The van der Waals surface area contributed by atoms with Crippen LogP contribution in [0.15, 0.2) is 4.90 Å². The van der Waals surface area contributed by atoms with Gasteiger partial charge in [0, 0.05) is 18.8 Å². The smallest absolute Gasteiger partial charge is 0.182 e. The van der Waals surface area contributed by atoms with Crippen LogP contribution in [0, 0.1) is 0 Å². The maximum atomic E-state index is 11.8.